The molecule has 9 heteroatoms. The second-order valence-corrected chi connectivity index (χ2v) is 8.62. The van der Waals surface area contributed by atoms with Gasteiger partial charge in [0.25, 0.3) is 10.4 Å². The van der Waals surface area contributed by atoms with Gasteiger partial charge < -0.3 is 0 Å². The molecule has 25 heavy (non-hydrogen) atoms. The first-order valence-corrected chi connectivity index (χ1v) is 9.81. The van der Waals surface area contributed by atoms with Gasteiger partial charge in [0.05, 0.1) is 10.7 Å². The maximum atomic E-state index is 12.6. The van der Waals surface area contributed by atoms with E-state index in [1.54, 1.807) is 24.3 Å². The molecule has 3 rings (SSSR count). The third-order valence-electron chi connectivity index (χ3n) is 3.51. The molecule has 2 aromatic carbocycles. The summed E-state index contributed by atoms with van der Waals surface area (Å²) >= 11 is 6.58. The highest BCUT2D eigenvalue weighted by molar-refractivity contribution is 7.90. The minimum atomic E-state index is -3.96. The summed E-state index contributed by atoms with van der Waals surface area (Å²) < 4.78 is 25.4. The molecule has 0 atom stereocenters. The Morgan fingerprint density at radius 2 is 1.84 bits per heavy atom. The Morgan fingerprint density at radius 3 is 2.56 bits per heavy atom. The molecule has 0 unspecified atom stereocenters. The molecule has 0 saturated carbocycles. The molecule has 0 aliphatic heterocycles. The van der Waals surface area contributed by atoms with Crippen LogP contribution in [0, 0.1) is 10.1 Å². The number of fused-ring (bicyclic) bond motifs is 1. The van der Waals surface area contributed by atoms with Gasteiger partial charge in [-0.3, -0.25) is 14.9 Å². The molecule has 6 nitrogen and oxygen atoms in total. The normalized spacial score (nSPS) is 11.6. The highest BCUT2D eigenvalue weighted by Gasteiger charge is 2.22. The molecule has 0 saturated heterocycles. The van der Waals surface area contributed by atoms with E-state index in [4.69, 9.17) is 11.6 Å². The molecular formula is C16H10ClNO5S2. The summed E-state index contributed by atoms with van der Waals surface area (Å²) in [4.78, 5) is 22.1. The number of nitro benzene ring substituents is 1. The molecule has 1 aromatic heterocycles. The lowest BCUT2D eigenvalue weighted by Gasteiger charge is -2.06. The Kier molecular flexibility index (Phi) is 4.59. The van der Waals surface area contributed by atoms with Gasteiger partial charge in [0.1, 0.15) is 9.92 Å². The Hall–Kier alpha value is -2.29. The van der Waals surface area contributed by atoms with Crippen LogP contribution in [0.15, 0.2) is 58.2 Å². The van der Waals surface area contributed by atoms with Crippen molar-refractivity contribution in [3.8, 4) is 0 Å². The Labute approximate surface area is 151 Å². The summed E-state index contributed by atoms with van der Waals surface area (Å²) in [5, 5.41) is 11.5. The molecule has 0 N–H and O–H groups in total. The molecule has 0 amide bonds. The molecule has 1 heterocycles. The van der Waals surface area contributed by atoms with Crippen molar-refractivity contribution in [1.29, 1.82) is 0 Å². The molecule has 0 aliphatic rings. The smallest absolute Gasteiger partial charge is 0.276 e. The van der Waals surface area contributed by atoms with Crippen molar-refractivity contribution in [2.24, 2.45) is 0 Å². The number of benzene rings is 2. The van der Waals surface area contributed by atoms with Crippen molar-refractivity contribution >= 4 is 48.5 Å². The summed E-state index contributed by atoms with van der Waals surface area (Å²) in [6.07, 6.45) is 0. The van der Waals surface area contributed by atoms with Crippen LogP contribution in [0.2, 0.25) is 5.02 Å². The van der Waals surface area contributed by atoms with Gasteiger partial charge in [-0.05, 0) is 29.1 Å². The van der Waals surface area contributed by atoms with Crippen molar-refractivity contribution in [2.75, 3.05) is 0 Å². The molecule has 0 radical (unpaired) electrons. The molecule has 128 valence electrons. The molecular weight excluding hydrogens is 386 g/mol. The van der Waals surface area contributed by atoms with Gasteiger partial charge in [0.2, 0.25) is 0 Å². The van der Waals surface area contributed by atoms with E-state index in [0.29, 0.717) is 10.1 Å². The SMILES string of the molecule is O=c1sc2ccccc2cc1S(=O)(=O)Cc1ccc(Cl)c([N+](=O)[O-])c1. The second-order valence-electron chi connectivity index (χ2n) is 5.24. The predicted octanol–water partition coefficient (Wildman–Crippen LogP) is 3.80. The van der Waals surface area contributed by atoms with E-state index in [1.165, 1.54) is 18.2 Å². The molecule has 3 aromatic rings. The van der Waals surface area contributed by atoms with Crippen LogP contribution in [-0.4, -0.2) is 13.3 Å². The number of rotatable bonds is 4. The number of hydrogen-bond donors (Lipinski definition) is 0. The van der Waals surface area contributed by atoms with Gasteiger partial charge in [0.15, 0.2) is 9.84 Å². The van der Waals surface area contributed by atoms with Gasteiger partial charge in [-0.25, -0.2) is 8.42 Å². The molecule has 0 bridgehead atoms. The van der Waals surface area contributed by atoms with Crippen molar-refractivity contribution in [1.82, 2.24) is 0 Å². The molecule has 0 aliphatic carbocycles. The number of hydrogen-bond acceptors (Lipinski definition) is 6. The van der Waals surface area contributed by atoms with E-state index >= 15 is 0 Å². The van der Waals surface area contributed by atoms with Crippen molar-refractivity contribution < 1.29 is 13.3 Å². The van der Waals surface area contributed by atoms with E-state index < -0.39 is 25.3 Å². The fourth-order valence-corrected chi connectivity index (χ4v) is 5.12. The summed E-state index contributed by atoms with van der Waals surface area (Å²) in [6, 6.07) is 12.1. The van der Waals surface area contributed by atoms with Gasteiger partial charge in [0, 0.05) is 10.8 Å². The van der Waals surface area contributed by atoms with Gasteiger partial charge in [-0.1, -0.05) is 47.2 Å². The van der Waals surface area contributed by atoms with E-state index in [2.05, 4.69) is 0 Å². The summed E-state index contributed by atoms with van der Waals surface area (Å²) in [5.74, 6) is -0.523. The third kappa shape index (κ3) is 3.55. The summed E-state index contributed by atoms with van der Waals surface area (Å²) in [7, 11) is -3.96. The maximum Gasteiger partial charge on any atom is 0.288 e. The lowest BCUT2D eigenvalue weighted by Crippen LogP contribution is -2.14. The van der Waals surface area contributed by atoms with Gasteiger partial charge >= 0.3 is 0 Å². The first-order valence-electron chi connectivity index (χ1n) is 6.96. The zero-order chi connectivity index (χ0) is 18.2. The van der Waals surface area contributed by atoms with Crippen molar-refractivity contribution in [2.45, 2.75) is 10.6 Å². The standard InChI is InChI=1S/C16H10ClNO5S2/c17-12-6-5-10(7-13(12)18(20)21)9-25(22,23)15-8-11-3-1-2-4-14(11)24-16(15)19/h1-8H,9H2. The van der Waals surface area contributed by atoms with Gasteiger partial charge in [-0.15, -0.1) is 0 Å². The van der Waals surface area contributed by atoms with Gasteiger partial charge in [-0.2, -0.15) is 0 Å². The van der Waals surface area contributed by atoms with Crippen molar-refractivity contribution in [3.63, 3.8) is 0 Å². The monoisotopic (exact) mass is 395 g/mol. The largest absolute Gasteiger partial charge is 0.288 e. The average Bonchev–Trinajstić information content (AvgIpc) is 2.55. The van der Waals surface area contributed by atoms with Crippen LogP contribution in [0.5, 0.6) is 0 Å². The number of sulfone groups is 1. The van der Waals surface area contributed by atoms with Crippen LogP contribution in [0.3, 0.4) is 0 Å². The van der Waals surface area contributed by atoms with Crippen LogP contribution in [0.25, 0.3) is 10.1 Å². The molecule has 0 spiro atoms. The van der Waals surface area contributed by atoms with E-state index in [-0.39, 0.29) is 21.2 Å². The van der Waals surface area contributed by atoms with Crippen molar-refractivity contribution in [3.05, 3.63) is 78.8 Å². The zero-order valence-electron chi connectivity index (χ0n) is 12.5. The summed E-state index contributed by atoms with van der Waals surface area (Å²) in [5.41, 5.74) is -0.188. The maximum absolute atomic E-state index is 12.6. The first-order chi connectivity index (χ1) is 11.8. The van der Waals surface area contributed by atoms with E-state index in [1.807, 2.05) is 0 Å². The van der Waals surface area contributed by atoms with Crippen LogP contribution in [0.4, 0.5) is 5.69 Å². The Bertz CT molecular complexity index is 1150. The Balaban J connectivity index is 2.06. The quantitative estimate of drug-likeness (QED) is 0.494. The van der Waals surface area contributed by atoms with Crippen LogP contribution < -0.4 is 4.74 Å². The fourth-order valence-electron chi connectivity index (χ4n) is 2.34. The highest BCUT2D eigenvalue weighted by Crippen LogP contribution is 2.27. The lowest BCUT2D eigenvalue weighted by atomic mass is 10.2. The summed E-state index contributed by atoms with van der Waals surface area (Å²) in [6.45, 7) is 0. The minimum Gasteiger partial charge on any atom is -0.276 e. The average molecular weight is 396 g/mol. The minimum absolute atomic E-state index is 0.0800. The zero-order valence-corrected chi connectivity index (χ0v) is 14.9. The van der Waals surface area contributed by atoms with E-state index in [9.17, 15) is 23.3 Å². The highest BCUT2D eigenvalue weighted by atomic mass is 35.5. The first kappa shape index (κ1) is 17.5. The second kappa shape index (κ2) is 6.55. The fraction of sp³-hybridized carbons (Fsp3) is 0.0625. The molecule has 0 fully saturated rings. The third-order valence-corrected chi connectivity index (χ3v) is 6.64. The van der Waals surface area contributed by atoms with Crippen LogP contribution in [-0.2, 0) is 15.6 Å². The number of nitrogens with zero attached hydrogens (tertiary/aromatic N) is 1. The lowest BCUT2D eigenvalue weighted by molar-refractivity contribution is -0.384. The topological polar surface area (TPSA) is 94.3 Å². The predicted molar refractivity (Wildman–Crippen MR) is 97.1 cm³/mol. The van der Waals surface area contributed by atoms with Crippen LogP contribution in [0.1, 0.15) is 5.56 Å². The van der Waals surface area contributed by atoms with Crippen LogP contribution >= 0.6 is 22.9 Å². The number of halogens is 1. The number of nitro groups is 1. The van der Waals surface area contributed by atoms with E-state index in [0.717, 1.165) is 17.4 Å². The Morgan fingerprint density at radius 1 is 1.12 bits per heavy atom.